The molecule has 1 saturated carbocycles. The number of amides is 1. The summed E-state index contributed by atoms with van der Waals surface area (Å²) in [5, 5.41) is 4.58. The third kappa shape index (κ3) is 3.73. The zero-order valence-corrected chi connectivity index (χ0v) is 11.6. The van der Waals surface area contributed by atoms with Gasteiger partial charge in [-0.05, 0) is 37.1 Å². The van der Waals surface area contributed by atoms with E-state index in [0.29, 0.717) is 12.8 Å². The molecule has 20 heavy (non-hydrogen) atoms. The molecule has 1 fully saturated rings. The van der Waals surface area contributed by atoms with E-state index >= 15 is 0 Å². The van der Waals surface area contributed by atoms with Crippen molar-refractivity contribution in [1.82, 2.24) is 5.32 Å². The number of alkyl halides is 3. The van der Waals surface area contributed by atoms with E-state index in [1.54, 1.807) is 6.07 Å². The summed E-state index contributed by atoms with van der Waals surface area (Å²) in [6, 6.07) is 2.64. The van der Waals surface area contributed by atoms with Crippen molar-refractivity contribution in [1.29, 1.82) is 0 Å². The molecule has 2 rings (SSSR count). The van der Waals surface area contributed by atoms with Gasteiger partial charge in [-0.15, -0.1) is 11.3 Å². The maximum Gasteiger partial charge on any atom is 0.391 e. The second kappa shape index (κ2) is 6.13. The van der Waals surface area contributed by atoms with Crippen molar-refractivity contribution in [2.75, 3.05) is 0 Å². The molecule has 0 bridgehead atoms. The van der Waals surface area contributed by atoms with Gasteiger partial charge in [-0.25, -0.2) is 0 Å². The van der Waals surface area contributed by atoms with Gasteiger partial charge in [0.25, 0.3) is 0 Å². The first-order valence-electron chi connectivity index (χ1n) is 6.54. The van der Waals surface area contributed by atoms with Crippen molar-refractivity contribution >= 4 is 17.2 Å². The molecular formula is C13H17F3N2OS. The number of rotatable bonds is 3. The highest BCUT2D eigenvalue weighted by Gasteiger charge is 2.41. The smallest absolute Gasteiger partial charge is 0.352 e. The Labute approximate surface area is 119 Å². The first-order valence-corrected chi connectivity index (χ1v) is 7.42. The van der Waals surface area contributed by atoms with Gasteiger partial charge in [0.2, 0.25) is 5.91 Å². The molecule has 1 aromatic heterocycles. The third-order valence-corrected chi connectivity index (χ3v) is 4.62. The summed E-state index contributed by atoms with van der Waals surface area (Å²) in [5.41, 5.74) is 5.82. The maximum absolute atomic E-state index is 12.5. The molecule has 0 spiro atoms. The van der Waals surface area contributed by atoms with Crippen LogP contribution in [-0.4, -0.2) is 18.1 Å². The van der Waals surface area contributed by atoms with E-state index in [9.17, 15) is 18.0 Å². The average molecular weight is 306 g/mol. The Morgan fingerprint density at radius 2 is 2.00 bits per heavy atom. The number of carbonyl (C=O) groups excluding carboxylic acids is 1. The minimum Gasteiger partial charge on any atom is -0.352 e. The van der Waals surface area contributed by atoms with E-state index in [2.05, 4.69) is 5.32 Å². The van der Waals surface area contributed by atoms with Crippen LogP contribution in [0.25, 0.3) is 0 Å². The Morgan fingerprint density at radius 3 is 2.50 bits per heavy atom. The lowest BCUT2D eigenvalue weighted by Gasteiger charge is -2.30. The molecule has 0 aliphatic heterocycles. The van der Waals surface area contributed by atoms with E-state index in [4.69, 9.17) is 5.73 Å². The van der Waals surface area contributed by atoms with Gasteiger partial charge in [-0.3, -0.25) is 4.79 Å². The number of nitrogens with one attached hydrogen (secondary N) is 1. The highest BCUT2D eigenvalue weighted by Crippen LogP contribution is 2.37. The van der Waals surface area contributed by atoms with Crippen LogP contribution < -0.4 is 11.1 Å². The van der Waals surface area contributed by atoms with E-state index in [-0.39, 0.29) is 24.8 Å². The van der Waals surface area contributed by atoms with Crippen LogP contribution in [0, 0.1) is 5.92 Å². The van der Waals surface area contributed by atoms with Crippen LogP contribution in [0.2, 0.25) is 0 Å². The normalized spacial score (nSPS) is 25.2. The second-order valence-electron chi connectivity index (χ2n) is 5.09. The molecule has 3 N–H and O–H groups in total. The van der Waals surface area contributed by atoms with E-state index in [1.807, 2.05) is 11.4 Å². The maximum atomic E-state index is 12.5. The molecule has 7 heteroatoms. The second-order valence-corrected chi connectivity index (χ2v) is 6.07. The Balaban J connectivity index is 1.82. The van der Waals surface area contributed by atoms with Gasteiger partial charge in [-0.1, -0.05) is 6.07 Å². The number of halogens is 3. The fourth-order valence-electron chi connectivity index (χ4n) is 2.45. The van der Waals surface area contributed by atoms with Gasteiger partial charge in [0, 0.05) is 10.9 Å². The van der Waals surface area contributed by atoms with Crippen LogP contribution in [-0.2, 0) is 4.79 Å². The minimum atomic E-state index is -4.12. The molecule has 0 saturated heterocycles. The van der Waals surface area contributed by atoms with Crippen molar-refractivity contribution < 1.29 is 18.0 Å². The summed E-state index contributed by atoms with van der Waals surface area (Å²) in [4.78, 5) is 12.7. The largest absolute Gasteiger partial charge is 0.391 e. The van der Waals surface area contributed by atoms with Gasteiger partial charge in [0.1, 0.15) is 6.04 Å². The summed E-state index contributed by atoms with van der Waals surface area (Å²) in [7, 11) is 0. The molecule has 1 aliphatic rings. The number of carbonyl (C=O) groups is 1. The number of nitrogens with two attached hydrogens (primary N) is 1. The number of thiophene rings is 1. The molecule has 3 nitrogen and oxygen atoms in total. The standard InChI is InChI=1S/C13H17F3N2OS/c14-13(15,16)8-3-5-9(6-4-8)18-12(19)11(17)10-2-1-7-20-10/h1-2,7-9,11H,3-6,17H2,(H,18,19). The first-order chi connectivity index (χ1) is 9.38. The number of hydrogen-bond donors (Lipinski definition) is 2. The van der Waals surface area contributed by atoms with Gasteiger partial charge in [0.15, 0.2) is 0 Å². The predicted molar refractivity (Wildman–Crippen MR) is 71.2 cm³/mol. The molecular weight excluding hydrogens is 289 g/mol. The molecule has 1 aliphatic carbocycles. The van der Waals surface area contributed by atoms with Crippen molar-refractivity contribution in [3.05, 3.63) is 22.4 Å². The quantitative estimate of drug-likeness (QED) is 0.902. The molecule has 0 aromatic carbocycles. The summed E-state index contributed by atoms with van der Waals surface area (Å²) in [6.45, 7) is 0. The Morgan fingerprint density at radius 1 is 1.35 bits per heavy atom. The average Bonchev–Trinajstić information content (AvgIpc) is 2.91. The summed E-state index contributed by atoms with van der Waals surface area (Å²) in [5.74, 6) is -1.55. The van der Waals surface area contributed by atoms with Gasteiger partial charge in [0.05, 0.1) is 5.92 Å². The van der Waals surface area contributed by atoms with Crippen molar-refractivity contribution in [3.8, 4) is 0 Å². The Bertz CT molecular complexity index is 439. The van der Waals surface area contributed by atoms with Crippen LogP contribution in [0.1, 0.15) is 36.6 Å². The predicted octanol–water partition coefficient (Wildman–Crippen LogP) is 2.99. The third-order valence-electron chi connectivity index (χ3n) is 3.67. The fraction of sp³-hybridized carbons (Fsp3) is 0.615. The highest BCUT2D eigenvalue weighted by atomic mass is 32.1. The van der Waals surface area contributed by atoms with Gasteiger partial charge >= 0.3 is 6.18 Å². The lowest BCUT2D eigenvalue weighted by atomic mass is 9.85. The van der Waals surface area contributed by atoms with Crippen molar-refractivity contribution in [2.24, 2.45) is 11.7 Å². The van der Waals surface area contributed by atoms with Crippen LogP contribution in [0.5, 0.6) is 0 Å². The lowest BCUT2D eigenvalue weighted by molar-refractivity contribution is -0.182. The zero-order chi connectivity index (χ0) is 14.8. The molecule has 0 radical (unpaired) electrons. The van der Waals surface area contributed by atoms with Gasteiger partial charge in [-0.2, -0.15) is 13.2 Å². The van der Waals surface area contributed by atoms with E-state index in [0.717, 1.165) is 4.88 Å². The van der Waals surface area contributed by atoms with Crippen LogP contribution in [0.15, 0.2) is 17.5 Å². The summed E-state index contributed by atoms with van der Waals surface area (Å²) >= 11 is 1.39. The number of hydrogen-bond acceptors (Lipinski definition) is 3. The van der Waals surface area contributed by atoms with Crippen molar-refractivity contribution in [2.45, 2.75) is 43.9 Å². The molecule has 1 heterocycles. The van der Waals surface area contributed by atoms with Crippen LogP contribution in [0.3, 0.4) is 0 Å². The van der Waals surface area contributed by atoms with E-state index < -0.39 is 18.1 Å². The summed E-state index contributed by atoms with van der Waals surface area (Å²) in [6.07, 6.45) is -3.27. The first kappa shape index (κ1) is 15.3. The Kier molecular flexibility index (Phi) is 4.70. The SMILES string of the molecule is NC(C(=O)NC1CCC(C(F)(F)F)CC1)c1cccs1. The van der Waals surface area contributed by atoms with E-state index in [1.165, 1.54) is 11.3 Å². The molecule has 1 aromatic rings. The lowest BCUT2D eigenvalue weighted by Crippen LogP contribution is -2.43. The highest BCUT2D eigenvalue weighted by molar-refractivity contribution is 7.10. The molecule has 1 atom stereocenters. The van der Waals surface area contributed by atoms with Gasteiger partial charge < -0.3 is 11.1 Å². The van der Waals surface area contributed by atoms with Crippen LogP contribution in [0.4, 0.5) is 13.2 Å². The monoisotopic (exact) mass is 306 g/mol. The Hall–Kier alpha value is -1.08. The summed E-state index contributed by atoms with van der Waals surface area (Å²) < 4.78 is 37.6. The molecule has 1 unspecified atom stereocenters. The minimum absolute atomic E-state index is 0.0721. The van der Waals surface area contributed by atoms with Crippen LogP contribution >= 0.6 is 11.3 Å². The molecule has 112 valence electrons. The fourth-order valence-corrected chi connectivity index (χ4v) is 3.18. The molecule has 1 amide bonds. The van der Waals surface area contributed by atoms with Crippen molar-refractivity contribution in [3.63, 3.8) is 0 Å². The topological polar surface area (TPSA) is 55.1 Å². The zero-order valence-electron chi connectivity index (χ0n) is 10.8.